The Morgan fingerprint density at radius 3 is 1.26 bits per heavy atom. The van der Waals surface area contributed by atoms with Gasteiger partial charge in [0.05, 0.1) is 37.2 Å². The molecule has 6 atom stereocenters. The number of carbonyl (C=O) groups is 12. The van der Waals surface area contributed by atoms with Gasteiger partial charge in [0.2, 0.25) is 47.3 Å². The van der Waals surface area contributed by atoms with Crippen molar-refractivity contribution in [3.05, 3.63) is 84.2 Å². The number of nitrogens with one attached hydrogen (secondary N) is 4. The van der Waals surface area contributed by atoms with Crippen LogP contribution in [0.1, 0.15) is 87.2 Å². The average Bonchev–Trinajstić information content (AvgIpc) is 3.26. The predicted molar refractivity (Wildman–Crippen MR) is 311 cm³/mol. The van der Waals surface area contributed by atoms with Gasteiger partial charge in [-0.2, -0.15) is 0 Å². The molecular formula is C60H76N12O14. The number of cyclic esters (lactones) is 2. The van der Waals surface area contributed by atoms with E-state index in [0.717, 1.165) is 30.4 Å². The zero-order valence-corrected chi connectivity index (χ0v) is 49.7. The topological polar surface area (TPSA) is 317 Å². The molecule has 0 aliphatic carbocycles. The van der Waals surface area contributed by atoms with Crippen molar-refractivity contribution in [1.82, 2.24) is 60.6 Å². The van der Waals surface area contributed by atoms with Crippen LogP contribution in [0.4, 0.5) is 0 Å². The van der Waals surface area contributed by atoms with Crippen LogP contribution >= 0.6 is 0 Å². The van der Waals surface area contributed by atoms with Crippen LogP contribution in [0.25, 0.3) is 21.8 Å². The van der Waals surface area contributed by atoms with Crippen LogP contribution in [0.2, 0.25) is 0 Å². The van der Waals surface area contributed by atoms with Gasteiger partial charge in [0.15, 0.2) is 0 Å². The SMILES string of the molecule is CC(C)[C@H]1C(=O)OC[C@@H](NC(=O)c2ccc3ccccc3n2)C(=O)N2CCCC[C@H]2C(=O)NCC(=O)N(C)CC(=O)N(C)[C@@H](C(C)C)C(=O)OC[C@@H](NC(=O)c2ccc3ccccc3n2)C(=O)N2CCCC[C@H]2C(=O)NCC(=O)N(C)CC(=O)N1C. The number of esters is 2. The Bertz CT molecular complexity index is 3040. The lowest BCUT2D eigenvalue weighted by atomic mass is 10.00. The van der Waals surface area contributed by atoms with Gasteiger partial charge in [0.25, 0.3) is 11.8 Å². The monoisotopic (exact) mass is 1190 g/mol. The van der Waals surface area contributed by atoms with E-state index in [4.69, 9.17) is 9.47 Å². The number of likely N-dealkylation sites (N-methyl/N-ethyl adjacent to an activating group) is 4. The summed E-state index contributed by atoms with van der Waals surface area (Å²) in [5, 5.41) is 11.9. The molecule has 4 N–H and O–H groups in total. The average molecular weight is 1190 g/mol. The van der Waals surface area contributed by atoms with Gasteiger partial charge in [-0.1, -0.05) is 76.2 Å². The van der Waals surface area contributed by atoms with Gasteiger partial charge in [-0.25, -0.2) is 19.6 Å². The Hall–Kier alpha value is -9.10. The quantitative estimate of drug-likeness (QED) is 0.193. The van der Waals surface area contributed by atoms with E-state index < -0.39 is 158 Å². The molecule has 0 spiro atoms. The molecule has 460 valence electrons. The lowest BCUT2D eigenvalue weighted by Gasteiger charge is -2.37. The second kappa shape index (κ2) is 29.1. The van der Waals surface area contributed by atoms with Gasteiger partial charge in [0, 0.05) is 52.1 Å². The molecule has 26 heteroatoms. The van der Waals surface area contributed by atoms with Crippen molar-refractivity contribution < 1.29 is 67.0 Å². The van der Waals surface area contributed by atoms with Crippen molar-refractivity contribution in [1.29, 1.82) is 0 Å². The summed E-state index contributed by atoms with van der Waals surface area (Å²) in [4.78, 5) is 184. The molecular weight excluding hydrogens is 1110 g/mol. The molecule has 86 heavy (non-hydrogen) atoms. The Morgan fingerprint density at radius 1 is 0.512 bits per heavy atom. The first-order chi connectivity index (χ1) is 40.9. The third kappa shape index (κ3) is 15.8. The third-order valence-corrected chi connectivity index (χ3v) is 15.6. The van der Waals surface area contributed by atoms with Crippen LogP contribution in [-0.2, 0) is 57.4 Å². The van der Waals surface area contributed by atoms with Crippen LogP contribution < -0.4 is 21.3 Å². The number of fused-ring (bicyclic) bond motifs is 4. The van der Waals surface area contributed by atoms with E-state index in [1.165, 1.54) is 50.1 Å². The number of benzene rings is 2. The van der Waals surface area contributed by atoms with Crippen molar-refractivity contribution in [2.24, 2.45) is 11.8 Å². The standard InChI is InChI=1S/C60H76N12O14/c1-35(2)51-59(83)85-33-43(65-53(77)41-25-23-37-17-9-11-19-39(37)63-41)57(81)71-27-15-13-21-45(71)55(79)62-30-48(74)68(6)32-50(76)70(8)52(36(3)4)60(84)86-34-44(66-54(78)42-26-24-38-18-10-12-20-40(38)64-42)58(82)72-28-16-14-22-46(72)56(80)61-29-47(73)67(5)31-49(75)69(51)7/h9-12,17-20,23-26,35-36,43-46,51-52H,13-16,21-22,27-34H2,1-8H3,(H,61,80)(H,62,79)(H,65,77)(H,66,78)/t43-,44-,45+,46+,51+,52+/m1/s1. The minimum Gasteiger partial charge on any atom is -0.461 e. The number of pyridine rings is 2. The van der Waals surface area contributed by atoms with Gasteiger partial charge in [-0.15, -0.1) is 0 Å². The zero-order valence-electron chi connectivity index (χ0n) is 49.7. The van der Waals surface area contributed by atoms with E-state index in [1.54, 1.807) is 88.4 Å². The lowest BCUT2D eigenvalue weighted by molar-refractivity contribution is -0.159. The van der Waals surface area contributed by atoms with Crippen molar-refractivity contribution in [3.63, 3.8) is 0 Å². The minimum absolute atomic E-state index is 0.0365. The van der Waals surface area contributed by atoms with Gasteiger partial charge < -0.3 is 60.1 Å². The van der Waals surface area contributed by atoms with Gasteiger partial charge in [-0.05, 0) is 74.6 Å². The maximum absolute atomic E-state index is 14.7. The summed E-state index contributed by atoms with van der Waals surface area (Å²) in [6.07, 6.45) is 2.21. The van der Waals surface area contributed by atoms with E-state index >= 15 is 0 Å². The fourth-order valence-corrected chi connectivity index (χ4v) is 10.7. The van der Waals surface area contributed by atoms with E-state index in [2.05, 4.69) is 31.2 Å². The maximum atomic E-state index is 14.7. The summed E-state index contributed by atoms with van der Waals surface area (Å²) >= 11 is 0. The summed E-state index contributed by atoms with van der Waals surface area (Å²) in [5.41, 5.74) is 0.843. The number of rotatable bonds is 6. The number of para-hydroxylation sites is 2. The van der Waals surface area contributed by atoms with Crippen LogP contribution in [0, 0.1) is 11.8 Å². The summed E-state index contributed by atoms with van der Waals surface area (Å²) in [6, 6.07) is 12.2. The molecule has 0 unspecified atom stereocenters. The highest BCUT2D eigenvalue weighted by molar-refractivity contribution is 6.01. The molecule has 2 aromatic carbocycles. The molecule has 3 aliphatic heterocycles. The normalized spacial score (nSPS) is 23.2. The van der Waals surface area contributed by atoms with Gasteiger partial charge in [-0.3, -0.25) is 47.9 Å². The molecule has 0 radical (unpaired) electrons. The molecule has 7 rings (SSSR count). The Labute approximate surface area is 498 Å². The number of hydrogen-bond donors (Lipinski definition) is 4. The zero-order chi connectivity index (χ0) is 62.5. The van der Waals surface area contributed by atoms with E-state index in [-0.39, 0.29) is 37.3 Å². The van der Waals surface area contributed by atoms with E-state index in [9.17, 15) is 57.5 Å². The molecule has 0 bridgehead atoms. The molecule has 10 amide bonds. The number of ether oxygens (including phenoxy) is 2. The smallest absolute Gasteiger partial charge is 0.329 e. The number of amides is 10. The van der Waals surface area contributed by atoms with Crippen molar-refractivity contribution in [2.45, 2.75) is 102 Å². The van der Waals surface area contributed by atoms with Gasteiger partial charge >= 0.3 is 11.9 Å². The highest BCUT2D eigenvalue weighted by Gasteiger charge is 2.41. The number of hydrogen-bond acceptors (Lipinski definition) is 16. The van der Waals surface area contributed by atoms with E-state index in [1.807, 2.05) is 0 Å². The highest BCUT2D eigenvalue weighted by atomic mass is 16.5. The van der Waals surface area contributed by atoms with Crippen LogP contribution in [-0.4, -0.2) is 227 Å². The van der Waals surface area contributed by atoms with Crippen molar-refractivity contribution in [2.75, 3.05) is 80.7 Å². The summed E-state index contributed by atoms with van der Waals surface area (Å²) in [6.45, 7) is 2.77. The number of nitrogens with zero attached hydrogens (tertiary/aromatic N) is 8. The molecule has 26 nitrogen and oxygen atoms in total. The van der Waals surface area contributed by atoms with Crippen LogP contribution in [0.3, 0.4) is 0 Å². The molecule has 3 aliphatic rings. The highest BCUT2D eigenvalue weighted by Crippen LogP contribution is 2.23. The number of piperidine rings is 2. The summed E-state index contributed by atoms with van der Waals surface area (Å²) < 4.78 is 11.6. The second-order valence-electron chi connectivity index (χ2n) is 22.5. The largest absolute Gasteiger partial charge is 0.461 e. The number of aromatic nitrogens is 2. The van der Waals surface area contributed by atoms with Crippen molar-refractivity contribution in [3.8, 4) is 0 Å². The first-order valence-electron chi connectivity index (χ1n) is 28.8. The fraction of sp³-hybridized carbons (Fsp3) is 0.500. The van der Waals surface area contributed by atoms with Crippen LogP contribution in [0.15, 0.2) is 72.8 Å². The minimum atomic E-state index is -1.60. The summed E-state index contributed by atoms with van der Waals surface area (Å²) in [5.74, 6) is -10.6. The molecule has 3 fully saturated rings. The molecule has 2 aromatic heterocycles. The fourth-order valence-electron chi connectivity index (χ4n) is 10.7. The van der Waals surface area contributed by atoms with E-state index in [0.29, 0.717) is 36.7 Å². The predicted octanol–water partition coefficient (Wildman–Crippen LogP) is 0.657. The molecule has 5 heterocycles. The second-order valence-corrected chi connectivity index (χ2v) is 22.5. The van der Waals surface area contributed by atoms with Crippen molar-refractivity contribution >= 4 is 92.8 Å². The maximum Gasteiger partial charge on any atom is 0.329 e. The number of carbonyl (C=O) groups excluding carboxylic acids is 12. The summed E-state index contributed by atoms with van der Waals surface area (Å²) in [7, 11) is 5.29. The lowest BCUT2D eigenvalue weighted by Crippen LogP contribution is -2.59. The van der Waals surface area contributed by atoms with Crippen LogP contribution in [0.5, 0.6) is 0 Å². The molecule has 3 saturated heterocycles. The van der Waals surface area contributed by atoms with Gasteiger partial charge in [0.1, 0.15) is 60.9 Å². The molecule has 0 saturated carbocycles. The first kappa shape index (κ1) is 64.5. The Balaban J connectivity index is 1.16. The first-order valence-corrected chi connectivity index (χ1v) is 28.8. The third-order valence-electron chi connectivity index (χ3n) is 15.6. The Morgan fingerprint density at radius 2 is 0.884 bits per heavy atom. The molecule has 4 aromatic rings. The Kier molecular flexibility index (Phi) is 21.8.